The van der Waals surface area contributed by atoms with Crippen molar-refractivity contribution in [1.29, 1.82) is 0 Å². The van der Waals surface area contributed by atoms with Crippen molar-refractivity contribution in [2.24, 2.45) is 7.05 Å². The molecule has 0 unspecified atom stereocenters. The Bertz CT molecular complexity index is 185. The summed E-state index contributed by atoms with van der Waals surface area (Å²) in [5.74, 6) is -0.271. The molecule has 2 nitrogen and oxygen atoms in total. The van der Waals surface area contributed by atoms with Gasteiger partial charge in [0, 0.05) is 13.1 Å². The second-order valence-corrected chi connectivity index (χ2v) is 1.94. The molecule has 0 spiro atoms. The Balaban J connectivity index is 2.98. The number of hydrogen-bond acceptors (Lipinski definition) is 1. The molecule has 0 saturated heterocycles. The van der Waals surface area contributed by atoms with E-state index in [1.807, 2.05) is 6.92 Å². The molecule has 0 bridgehead atoms. The molecule has 50 valence electrons. The average Bonchev–Trinajstić information content (AvgIpc) is 2.13. The number of rotatable bonds is 1. The molecule has 1 aromatic heterocycles. The number of hydrogen-bond donors (Lipinski definition) is 0. The Morgan fingerprint density at radius 2 is 2.44 bits per heavy atom. The Labute approximate surface area is 53.3 Å². The van der Waals surface area contributed by atoms with E-state index in [9.17, 15) is 4.39 Å². The SMILES string of the molecule is CCc1cc(F)n(C)n1. The summed E-state index contributed by atoms with van der Waals surface area (Å²) in [4.78, 5) is 0. The topological polar surface area (TPSA) is 17.8 Å². The monoisotopic (exact) mass is 128 g/mol. The van der Waals surface area contributed by atoms with Crippen molar-refractivity contribution < 1.29 is 4.39 Å². The Morgan fingerprint density at radius 3 is 2.67 bits per heavy atom. The first kappa shape index (κ1) is 6.26. The highest BCUT2D eigenvalue weighted by molar-refractivity contribution is 4.99. The summed E-state index contributed by atoms with van der Waals surface area (Å²) in [6.45, 7) is 1.95. The van der Waals surface area contributed by atoms with Crippen molar-refractivity contribution in [2.45, 2.75) is 13.3 Å². The average molecular weight is 128 g/mol. The molecule has 0 aromatic carbocycles. The number of nitrogens with zero attached hydrogens (tertiary/aromatic N) is 2. The molecule has 1 aromatic rings. The van der Waals surface area contributed by atoms with E-state index in [0.29, 0.717) is 0 Å². The fourth-order valence-corrected chi connectivity index (χ4v) is 0.673. The largest absolute Gasteiger partial charge is 0.242 e. The zero-order valence-electron chi connectivity index (χ0n) is 5.56. The van der Waals surface area contributed by atoms with Crippen molar-refractivity contribution in [3.63, 3.8) is 0 Å². The van der Waals surface area contributed by atoms with Crippen molar-refractivity contribution in [3.8, 4) is 0 Å². The normalized spacial score (nSPS) is 10.1. The summed E-state index contributed by atoms with van der Waals surface area (Å²) in [5.41, 5.74) is 0.801. The summed E-state index contributed by atoms with van der Waals surface area (Å²) in [5, 5.41) is 3.87. The van der Waals surface area contributed by atoms with Gasteiger partial charge in [0.1, 0.15) is 0 Å². The van der Waals surface area contributed by atoms with E-state index in [2.05, 4.69) is 5.10 Å². The highest BCUT2D eigenvalue weighted by Crippen LogP contribution is 1.99. The maximum Gasteiger partial charge on any atom is 0.211 e. The maximum absolute atomic E-state index is 12.4. The molecule has 9 heavy (non-hydrogen) atoms. The first-order valence-electron chi connectivity index (χ1n) is 2.92. The predicted molar refractivity (Wildman–Crippen MR) is 32.5 cm³/mol. The van der Waals surface area contributed by atoms with Gasteiger partial charge in [0.05, 0.1) is 5.69 Å². The van der Waals surface area contributed by atoms with Crippen LogP contribution in [0.2, 0.25) is 0 Å². The molecule has 0 aliphatic carbocycles. The van der Waals surface area contributed by atoms with Gasteiger partial charge in [0.15, 0.2) is 0 Å². The molecule has 3 heteroatoms. The van der Waals surface area contributed by atoms with Crippen LogP contribution >= 0.6 is 0 Å². The van der Waals surface area contributed by atoms with Gasteiger partial charge in [-0.15, -0.1) is 0 Å². The lowest BCUT2D eigenvalue weighted by Crippen LogP contribution is -1.93. The summed E-state index contributed by atoms with van der Waals surface area (Å²) >= 11 is 0. The van der Waals surface area contributed by atoms with Crippen LogP contribution in [-0.2, 0) is 13.5 Å². The summed E-state index contributed by atoms with van der Waals surface area (Å²) in [7, 11) is 1.59. The standard InChI is InChI=1S/C6H9FN2/c1-3-5-4-6(7)9(2)8-5/h4H,3H2,1-2H3. The van der Waals surface area contributed by atoms with E-state index >= 15 is 0 Å². The number of halogens is 1. The molecule has 0 saturated carbocycles. The third-order valence-corrected chi connectivity index (χ3v) is 1.24. The van der Waals surface area contributed by atoms with Crippen molar-refractivity contribution >= 4 is 0 Å². The molecular formula is C6H9FN2. The minimum Gasteiger partial charge on any atom is -0.242 e. The van der Waals surface area contributed by atoms with E-state index < -0.39 is 0 Å². The van der Waals surface area contributed by atoms with Crippen molar-refractivity contribution in [3.05, 3.63) is 17.7 Å². The van der Waals surface area contributed by atoms with Crippen LogP contribution in [0.4, 0.5) is 4.39 Å². The van der Waals surface area contributed by atoms with Gasteiger partial charge >= 0.3 is 0 Å². The molecule has 0 amide bonds. The van der Waals surface area contributed by atoms with Crippen LogP contribution in [0.25, 0.3) is 0 Å². The van der Waals surface area contributed by atoms with Gasteiger partial charge in [0.25, 0.3) is 0 Å². The van der Waals surface area contributed by atoms with Gasteiger partial charge in [-0.2, -0.15) is 9.49 Å². The van der Waals surface area contributed by atoms with Crippen LogP contribution < -0.4 is 0 Å². The lowest BCUT2D eigenvalue weighted by molar-refractivity contribution is 0.503. The molecule has 1 rings (SSSR count). The maximum atomic E-state index is 12.4. The minimum atomic E-state index is -0.271. The Hall–Kier alpha value is -0.860. The molecule has 0 N–H and O–H groups in total. The second-order valence-electron chi connectivity index (χ2n) is 1.94. The van der Waals surface area contributed by atoms with E-state index in [4.69, 9.17) is 0 Å². The quantitative estimate of drug-likeness (QED) is 0.554. The molecule has 0 radical (unpaired) electrons. The van der Waals surface area contributed by atoms with E-state index in [-0.39, 0.29) is 5.95 Å². The zero-order chi connectivity index (χ0) is 6.85. The minimum absolute atomic E-state index is 0.271. The second kappa shape index (κ2) is 2.17. The van der Waals surface area contributed by atoms with Gasteiger partial charge in [0.2, 0.25) is 5.95 Å². The van der Waals surface area contributed by atoms with Crippen LogP contribution in [-0.4, -0.2) is 9.78 Å². The van der Waals surface area contributed by atoms with Crippen LogP contribution in [0.3, 0.4) is 0 Å². The lowest BCUT2D eigenvalue weighted by Gasteiger charge is -1.85. The van der Waals surface area contributed by atoms with Crippen LogP contribution in [0.5, 0.6) is 0 Å². The zero-order valence-corrected chi connectivity index (χ0v) is 5.56. The third kappa shape index (κ3) is 1.09. The highest BCUT2D eigenvalue weighted by Gasteiger charge is 1.99. The van der Waals surface area contributed by atoms with Gasteiger partial charge < -0.3 is 0 Å². The first-order chi connectivity index (χ1) is 4.24. The molecule has 1 heterocycles. The van der Waals surface area contributed by atoms with E-state index in [0.717, 1.165) is 12.1 Å². The van der Waals surface area contributed by atoms with Crippen LogP contribution in [0, 0.1) is 5.95 Å². The highest BCUT2D eigenvalue weighted by atomic mass is 19.1. The summed E-state index contributed by atoms with van der Waals surface area (Å²) in [6.07, 6.45) is 0.789. The molecule has 0 atom stereocenters. The Morgan fingerprint density at radius 1 is 1.78 bits per heavy atom. The molecular weight excluding hydrogens is 119 g/mol. The third-order valence-electron chi connectivity index (χ3n) is 1.24. The van der Waals surface area contributed by atoms with Crippen molar-refractivity contribution in [2.75, 3.05) is 0 Å². The molecule has 0 fully saturated rings. The van der Waals surface area contributed by atoms with Gasteiger partial charge in [-0.25, -0.2) is 4.68 Å². The van der Waals surface area contributed by atoms with Gasteiger partial charge in [-0.1, -0.05) is 6.92 Å². The molecule has 0 aliphatic heterocycles. The fraction of sp³-hybridized carbons (Fsp3) is 0.500. The van der Waals surface area contributed by atoms with Gasteiger partial charge in [-0.05, 0) is 6.42 Å². The van der Waals surface area contributed by atoms with Crippen LogP contribution in [0.1, 0.15) is 12.6 Å². The smallest absolute Gasteiger partial charge is 0.211 e. The number of aromatic nitrogens is 2. The van der Waals surface area contributed by atoms with Crippen molar-refractivity contribution in [1.82, 2.24) is 9.78 Å². The first-order valence-corrected chi connectivity index (χ1v) is 2.92. The lowest BCUT2D eigenvalue weighted by atomic mass is 10.3. The number of aryl methyl sites for hydroxylation is 2. The summed E-state index contributed by atoms with van der Waals surface area (Å²) in [6, 6.07) is 1.44. The fourth-order valence-electron chi connectivity index (χ4n) is 0.673. The van der Waals surface area contributed by atoms with E-state index in [1.165, 1.54) is 10.7 Å². The predicted octanol–water partition coefficient (Wildman–Crippen LogP) is 1.12. The molecule has 0 aliphatic rings. The van der Waals surface area contributed by atoms with Crippen LogP contribution in [0.15, 0.2) is 6.07 Å². The van der Waals surface area contributed by atoms with Gasteiger partial charge in [-0.3, -0.25) is 0 Å². The Kier molecular flexibility index (Phi) is 1.51. The summed E-state index contributed by atoms with van der Waals surface area (Å²) < 4.78 is 13.7. The van der Waals surface area contributed by atoms with E-state index in [1.54, 1.807) is 7.05 Å².